The summed E-state index contributed by atoms with van der Waals surface area (Å²) in [6.07, 6.45) is -3.98. The summed E-state index contributed by atoms with van der Waals surface area (Å²) in [5, 5.41) is 0. The van der Waals surface area contributed by atoms with Crippen LogP contribution in [0.5, 0.6) is 5.75 Å². The first-order valence-electron chi connectivity index (χ1n) is 3.79. The van der Waals surface area contributed by atoms with Crippen LogP contribution >= 0.6 is 15.9 Å². The largest absolute Gasteiger partial charge is 0.483 e. The summed E-state index contributed by atoms with van der Waals surface area (Å²) in [6.45, 7) is 0. The molecular formula is C8H7BrF2N2O2. The Morgan fingerprint density at radius 2 is 1.93 bits per heavy atom. The van der Waals surface area contributed by atoms with Gasteiger partial charge >= 0.3 is 12.0 Å². The van der Waals surface area contributed by atoms with Crippen molar-refractivity contribution in [3.05, 3.63) is 28.7 Å². The number of amides is 1. The van der Waals surface area contributed by atoms with Gasteiger partial charge in [-0.3, -0.25) is 10.2 Å². The lowest BCUT2D eigenvalue weighted by atomic mass is 10.3. The van der Waals surface area contributed by atoms with E-state index < -0.39 is 12.0 Å². The Labute approximate surface area is 92.5 Å². The van der Waals surface area contributed by atoms with Gasteiger partial charge in [-0.05, 0) is 24.3 Å². The van der Waals surface area contributed by atoms with E-state index in [1.165, 1.54) is 29.7 Å². The molecule has 0 bridgehead atoms. The molecule has 1 rings (SSSR count). The Kier molecular flexibility index (Phi) is 3.59. The van der Waals surface area contributed by atoms with E-state index in [4.69, 9.17) is 0 Å². The SMILES string of the molecule is NNC(=O)C(F)(F)Oc1ccc(Br)cc1. The van der Waals surface area contributed by atoms with Crippen molar-refractivity contribution < 1.29 is 18.3 Å². The van der Waals surface area contributed by atoms with Gasteiger partial charge in [0.25, 0.3) is 0 Å². The van der Waals surface area contributed by atoms with Gasteiger partial charge in [-0.15, -0.1) is 0 Å². The molecule has 1 aromatic carbocycles. The van der Waals surface area contributed by atoms with Gasteiger partial charge < -0.3 is 4.74 Å². The highest BCUT2D eigenvalue weighted by Gasteiger charge is 2.41. The van der Waals surface area contributed by atoms with Crippen LogP contribution in [0.25, 0.3) is 0 Å². The number of halogens is 3. The van der Waals surface area contributed by atoms with Crippen LogP contribution in [0.2, 0.25) is 0 Å². The van der Waals surface area contributed by atoms with Crippen LogP contribution in [-0.4, -0.2) is 12.0 Å². The maximum atomic E-state index is 12.9. The normalized spacial score (nSPS) is 10.9. The number of benzene rings is 1. The Bertz CT molecular complexity index is 356. The van der Waals surface area contributed by atoms with Gasteiger partial charge in [-0.2, -0.15) is 8.78 Å². The van der Waals surface area contributed by atoms with Crippen molar-refractivity contribution in [2.45, 2.75) is 6.11 Å². The van der Waals surface area contributed by atoms with Gasteiger partial charge in [0.05, 0.1) is 0 Å². The maximum Gasteiger partial charge on any atom is 0.483 e. The van der Waals surface area contributed by atoms with Crippen LogP contribution < -0.4 is 16.0 Å². The number of alkyl halides is 2. The van der Waals surface area contributed by atoms with Crippen molar-refractivity contribution in [3.8, 4) is 5.75 Å². The highest BCUT2D eigenvalue weighted by molar-refractivity contribution is 9.10. The number of nitrogens with one attached hydrogen (secondary N) is 1. The van der Waals surface area contributed by atoms with Gasteiger partial charge in [0.2, 0.25) is 0 Å². The van der Waals surface area contributed by atoms with Crippen LogP contribution in [0.15, 0.2) is 28.7 Å². The van der Waals surface area contributed by atoms with Crippen LogP contribution in [0.4, 0.5) is 8.78 Å². The molecule has 15 heavy (non-hydrogen) atoms. The molecule has 0 radical (unpaired) electrons. The molecule has 1 amide bonds. The van der Waals surface area contributed by atoms with E-state index in [0.29, 0.717) is 4.47 Å². The maximum absolute atomic E-state index is 12.9. The Balaban J connectivity index is 2.77. The molecule has 0 aliphatic heterocycles. The number of hydrogen-bond donors (Lipinski definition) is 2. The van der Waals surface area contributed by atoms with Crippen molar-refractivity contribution in [2.24, 2.45) is 5.84 Å². The second-order valence-electron chi connectivity index (χ2n) is 2.55. The fourth-order valence-electron chi connectivity index (χ4n) is 0.781. The van der Waals surface area contributed by atoms with Gasteiger partial charge in [0, 0.05) is 4.47 Å². The first-order valence-corrected chi connectivity index (χ1v) is 4.58. The summed E-state index contributed by atoms with van der Waals surface area (Å²) in [5.41, 5.74) is 1.31. The lowest BCUT2D eigenvalue weighted by Gasteiger charge is -2.15. The minimum atomic E-state index is -3.98. The molecule has 82 valence electrons. The third-order valence-corrected chi connectivity index (χ3v) is 1.98. The third kappa shape index (κ3) is 3.14. The van der Waals surface area contributed by atoms with E-state index in [2.05, 4.69) is 26.5 Å². The summed E-state index contributed by atoms with van der Waals surface area (Å²) < 4.78 is 30.6. The van der Waals surface area contributed by atoms with Crippen molar-refractivity contribution in [3.63, 3.8) is 0 Å². The Morgan fingerprint density at radius 3 is 2.40 bits per heavy atom. The monoisotopic (exact) mass is 280 g/mol. The number of carbonyl (C=O) groups excluding carboxylic acids is 1. The molecule has 0 unspecified atom stereocenters. The average molecular weight is 281 g/mol. The highest BCUT2D eigenvalue weighted by Crippen LogP contribution is 2.23. The molecule has 0 atom stereocenters. The fourth-order valence-corrected chi connectivity index (χ4v) is 1.05. The molecule has 7 heteroatoms. The molecule has 0 spiro atoms. The van der Waals surface area contributed by atoms with Crippen LogP contribution in [0, 0.1) is 0 Å². The Hall–Kier alpha value is -1.21. The molecule has 4 nitrogen and oxygen atoms in total. The van der Waals surface area contributed by atoms with Gasteiger partial charge in [0.1, 0.15) is 5.75 Å². The Morgan fingerprint density at radius 1 is 1.40 bits per heavy atom. The van der Waals surface area contributed by atoms with Gasteiger partial charge in [-0.1, -0.05) is 15.9 Å². The lowest BCUT2D eigenvalue weighted by Crippen LogP contribution is -2.47. The van der Waals surface area contributed by atoms with Crippen LogP contribution in [0.3, 0.4) is 0 Å². The van der Waals surface area contributed by atoms with Gasteiger partial charge in [-0.25, -0.2) is 5.84 Å². The average Bonchev–Trinajstić information content (AvgIpc) is 2.20. The molecule has 0 fully saturated rings. The van der Waals surface area contributed by atoms with Crippen molar-refractivity contribution in [1.29, 1.82) is 0 Å². The summed E-state index contributed by atoms with van der Waals surface area (Å²) in [4.78, 5) is 10.6. The van der Waals surface area contributed by atoms with Crippen molar-refractivity contribution in [1.82, 2.24) is 5.43 Å². The van der Waals surface area contributed by atoms with E-state index in [9.17, 15) is 13.6 Å². The number of carbonyl (C=O) groups is 1. The fraction of sp³-hybridized carbons (Fsp3) is 0.125. The number of ether oxygens (including phenoxy) is 1. The highest BCUT2D eigenvalue weighted by atomic mass is 79.9. The molecule has 1 aromatic rings. The second-order valence-corrected chi connectivity index (χ2v) is 3.46. The molecule has 0 aliphatic carbocycles. The van der Waals surface area contributed by atoms with E-state index >= 15 is 0 Å². The minimum absolute atomic E-state index is 0.133. The van der Waals surface area contributed by atoms with Crippen LogP contribution in [-0.2, 0) is 4.79 Å². The van der Waals surface area contributed by atoms with E-state index in [0.717, 1.165) is 0 Å². The molecule has 0 aliphatic rings. The molecule has 0 heterocycles. The number of rotatable bonds is 3. The zero-order valence-electron chi connectivity index (χ0n) is 7.34. The predicted molar refractivity (Wildman–Crippen MR) is 52.0 cm³/mol. The number of nitrogens with two attached hydrogens (primary N) is 1. The molecule has 0 aromatic heterocycles. The molecule has 3 N–H and O–H groups in total. The third-order valence-electron chi connectivity index (χ3n) is 1.46. The smallest absolute Gasteiger partial charge is 0.425 e. The summed E-state index contributed by atoms with van der Waals surface area (Å²) >= 11 is 3.13. The zero-order valence-corrected chi connectivity index (χ0v) is 8.92. The van der Waals surface area contributed by atoms with E-state index in [1.54, 1.807) is 0 Å². The molecule has 0 saturated carbocycles. The zero-order chi connectivity index (χ0) is 11.5. The first kappa shape index (κ1) is 11.9. The van der Waals surface area contributed by atoms with Crippen molar-refractivity contribution >= 4 is 21.8 Å². The van der Waals surface area contributed by atoms with Gasteiger partial charge in [0.15, 0.2) is 0 Å². The number of hydrogen-bond acceptors (Lipinski definition) is 3. The quantitative estimate of drug-likeness (QED) is 0.500. The second kappa shape index (κ2) is 4.54. The molecule has 0 saturated heterocycles. The standard InChI is InChI=1S/C8H7BrF2N2O2/c9-5-1-3-6(4-2-5)15-8(10,11)7(14)13-12/h1-4H,12H2,(H,13,14). The topological polar surface area (TPSA) is 64.3 Å². The summed E-state index contributed by atoms with van der Waals surface area (Å²) in [6, 6.07) is 5.60. The first-order chi connectivity index (χ1) is 6.95. The van der Waals surface area contributed by atoms with Crippen LogP contribution in [0.1, 0.15) is 0 Å². The summed E-state index contributed by atoms with van der Waals surface area (Å²) in [7, 11) is 0. The molecular weight excluding hydrogens is 274 g/mol. The predicted octanol–water partition coefficient (Wildman–Crippen LogP) is 1.41. The van der Waals surface area contributed by atoms with E-state index in [1.807, 2.05) is 0 Å². The number of hydrazine groups is 1. The van der Waals surface area contributed by atoms with Crippen molar-refractivity contribution in [2.75, 3.05) is 0 Å². The minimum Gasteiger partial charge on any atom is -0.425 e. The summed E-state index contributed by atoms with van der Waals surface area (Å²) in [5.74, 6) is 2.73. The van der Waals surface area contributed by atoms with E-state index in [-0.39, 0.29) is 5.75 Å². The lowest BCUT2D eigenvalue weighted by molar-refractivity contribution is -0.192.